The Morgan fingerprint density at radius 2 is 2.00 bits per heavy atom. The summed E-state index contributed by atoms with van der Waals surface area (Å²) in [7, 11) is 0. The number of carboxylic acids is 1. The molecular weight excluding hydrogens is 376 g/mol. The van der Waals surface area contributed by atoms with Crippen LogP contribution >= 0.6 is 11.8 Å². The number of carbonyl (C=O) groups is 1. The Labute approximate surface area is 155 Å². The van der Waals surface area contributed by atoms with Crippen molar-refractivity contribution in [2.24, 2.45) is 0 Å². The van der Waals surface area contributed by atoms with Crippen LogP contribution in [0.15, 0.2) is 50.9 Å². The van der Waals surface area contributed by atoms with Crippen LogP contribution in [0.5, 0.6) is 11.5 Å². The summed E-state index contributed by atoms with van der Waals surface area (Å²) in [4.78, 5) is 26.4. The number of rotatable bonds is 5. The molecule has 1 N–H and O–H groups in total. The Morgan fingerprint density at radius 1 is 1.26 bits per heavy atom. The third-order valence-corrected chi connectivity index (χ3v) is 4.55. The molecule has 0 bridgehead atoms. The van der Waals surface area contributed by atoms with E-state index in [0.717, 1.165) is 11.8 Å². The number of aliphatic carboxylic acids is 1. The molecule has 2 heterocycles. The third-order valence-electron chi connectivity index (χ3n) is 3.69. The summed E-state index contributed by atoms with van der Waals surface area (Å²) in [5, 5.41) is 21.0. The van der Waals surface area contributed by atoms with Crippen LogP contribution in [0.3, 0.4) is 0 Å². The molecule has 27 heavy (non-hydrogen) atoms. The third kappa shape index (κ3) is 3.29. The topological polar surface area (TPSA) is 125 Å². The zero-order chi connectivity index (χ0) is 19.0. The van der Waals surface area contributed by atoms with Gasteiger partial charge in [0.25, 0.3) is 10.9 Å². The van der Waals surface area contributed by atoms with Gasteiger partial charge in [0, 0.05) is 0 Å². The first-order valence-electron chi connectivity index (χ1n) is 7.58. The van der Waals surface area contributed by atoms with Gasteiger partial charge in [0.05, 0.1) is 16.6 Å². The highest BCUT2D eigenvalue weighted by Crippen LogP contribution is 2.40. The second kappa shape index (κ2) is 6.65. The predicted molar refractivity (Wildman–Crippen MR) is 94.7 cm³/mol. The van der Waals surface area contributed by atoms with Gasteiger partial charge in [-0.15, -0.1) is 0 Å². The number of thioether (sulfide) groups is 1. The molecule has 0 aliphatic carbocycles. The van der Waals surface area contributed by atoms with Crippen molar-refractivity contribution in [3.8, 4) is 11.5 Å². The molecule has 0 saturated heterocycles. The molecule has 10 heteroatoms. The van der Waals surface area contributed by atoms with E-state index in [4.69, 9.17) is 13.9 Å². The molecule has 9 nitrogen and oxygen atoms in total. The molecule has 1 aromatic heterocycles. The minimum atomic E-state index is -1.27. The van der Waals surface area contributed by atoms with Crippen LogP contribution in [0.1, 0.15) is 5.56 Å². The van der Waals surface area contributed by atoms with E-state index in [0.29, 0.717) is 16.8 Å². The van der Waals surface area contributed by atoms with Gasteiger partial charge in [0.2, 0.25) is 6.79 Å². The van der Waals surface area contributed by atoms with Crippen molar-refractivity contribution >= 4 is 40.6 Å². The van der Waals surface area contributed by atoms with Gasteiger partial charge in [0.1, 0.15) is 10.4 Å². The summed E-state index contributed by atoms with van der Waals surface area (Å²) in [6, 6.07) is 9.57. The lowest BCUT2D eigenvalue weighted by Crippen LogP contribution is -1.98. The van der Waals surface area contributed by atoms with Crippen LogP contribution in [0, 0.1) is 10.1 Å². The van der Waals surface area contributed by atoms with Crippen molar-refractivity contribution in [3.63, 3.8) is 0 Å². The monoisotopic (exact) mass is 386 g/mol. The van der Waals surface area contributed by atoms with Gasteiger partial charge >= 0.3 is 5.97 Å². The highest BCUT2D eigenvalue weighted by atomic mass is 32.2. The minimum absolute atomic E-state index is 0.0525. The highest BCUT2D eigenvalue weighted by molar-refractivity contribution is 8.03. The minimum Gasteiger partial charge on any atom is -0.477 e. The molecule has 0 fully saturated rings. The van der Waals surface area contributed by atoms with Crippen LogP contribution in [-0.2, 0) is 4.79 Å². The number of fused-ring (bicyclic) bond motifs is 2. The van der Waals surface area contributed by atoms with Crippen molar-refractivity contribution in [1.82, 2.24) is 4.98 Å². The van der Waals surface area contributed by atoms with E-state index in [2.05, 4.69) is 4.98 Å². The number of nitrogens with zero attached hydrogens (tertiary/aromatic N) is 2. The fourth-order valence-electron chi connectivity index (χ4n) is 2.49. The average molecular weight is 386 g/mol. The Hall–Kier alpha value is -3.53. The molecule has 2 aromatic carbocycles. The van der Waals surface area contributed by atoms with E-state index in [1.807, 2.05) is 0 Å². The van der Waals surface area contributed by atoms with Crippen LogP contribution in [0.25, 0.3) is 17.2 Å². The molecule has 136 valence electrons. The first-order chi connectivity index (χ1) is 13.0. The van der Waals surface area contributed by atoms with Gasteiger partial charge in [-0.1, -0.05) is 12.1 Å². The molecule has 0 spiro atoms. The largest absolute Gasteiger partial charge is 0.477 e. The fraction of sp³-hybridized carbons (Fsp3) is 0.0588. The normalized spacial score (nSPS) is 13.1. The van der Waals surface area contributed by atoms with E-state index >= 15 is 0 Å². The number of hydrogen-bond acceptors (Lipinski definition) is 8. The number of oxazole rings is 1. The molecule has 3 aromatic rings. The van der Waals surface area contributed by atoms with E-state index in [-0.39, 0.29) is 33.9 Å². The zero-order valence-corrected chi connectivity index (χ0v) is 14.3. The first-order valence-corrected chi connectivity index (χ1v) is 8.39. The molecule has 0 unspecified atom stereocenters. The Kier molecular flexibility index (Phi) is 4.16. The van der Waals surface area contributed by atoms with E-state index in [1.165, 1.54) is 18.2 Å². The Morgan fingerprint density at radius 3 is 2.70 bits per heavy atom. The standard InChI is InChI=1S/C17H10N2O7S/c20-16(21)15(27-17-18-10-3-1-2-4-12(10)26-17)6-9-5-13-14(25-8-24-13)7-11(9)19(22)23/h1-7H,8H2,(H,20,21)/b15-6-. The van der Waals surface area contributed by atoms with Gasteiger partial charge < -0.3 is 19.0 Å². The van der Waals surface area contributed by atoms with Gasteiger partial charge in [0.15, 0.2) is 17.1 Å². The lowest BCUT2D eigenvalue weighted by Gasteiger charge is -2.03. The highest BCUT2D eigenvalue weighted by Gasteiger charge is 2.24. The summed E-state index contributed by atoms with van der Waals surface area (Å²) in [5.41, 5.74) is 0.874. The second-order valence-electron chi connectivity index (χ2n) is 5.38. The smallest absolute Gasteiger partial charge is 0.342 e. The molecule has 0 radical (unpaired) electrons. The Balaban J connectivity index is 1.74. The summed E-state index contributed by atoms with van der Waals surface area (Å²) in [6.07, 6.45) is 1.18. The number of aromatic nitrogens is 1. The van der Waals surface area contributed by atoms with E-state index in [1.54, 1.807) is 24.3 Å². The number of nitro groups is 1. The summed E-state index contributed by atoms with van der Waals surface area (Å²) in [6.45, 7) is -0.0525. The van der Waals surface area contributed by atoms with Crippen molar-refractivity contribution in [2.45, 2.75) is 5.22 Å². The molecule has 0 amide bonds. The van der Waals surface area contributed by atoms with E-state index in [9.17, 15) is 20.0 Å². The lowest BCUT2D eigenvalue weighted by atomic mass is 10.1. The summed E-state index contributed by atoms with van der Waals surface area (Å²) in [5.74, 6) is -0.722. The van der Waals surface area contributed by atoms with Gasteiger partial charge in [-0.25, -0.2) is 9.78 Å². The van der Waals surface area contributed by atoms with Crippen LogP contribution in [0.2, 0.25) is 0 Å². The number of benzene rings is 2. The van der Waals surface area contributed by atoms with Crippen LogP contribution < -0.4 is 9.47 Å². The second-order valence-corrected chi connectivity index (χ2v) is 6.38. The van der Waals surface area contributed by atoms with Gasteiger partial charge in [-0.2, -0.15) is 0 Å². The molecule has 4 rings (SSSR count). The predicted octanol–water partition coefficient (Wildman–Crippen LogP) is 3.68. The van der Waals surface area contributed by atoms with Crippen molar-refractivity contribution < 1.29 is 28.7 Å². The van der Waals surface area contributed by atoms with Crippen molar-refractivity contribution in [1.29, 1.82) is 0 Å². The quantitative estimate of drug-likeness (QED) is 0.302. The van der Waals surface area contributed by atoms with Gasteiger partial charge in [-0.3, -0.25) is 10.1 Å². The number of hydrogen-bond donors (Lipinski definition) is 1. The molecular formula is C17H10N2O7S. The Bertz CT molecular complexity index is 1070. The number of ether oxygens (including phenoxy) is 2. The summed E-state index contributed by atoms with van der Waals surface area (Å²) < 4.78 is 15.9. The fourth-order valence-corrected chi connectivity index (χ4v) is 3.22. The molecule has 1 aliphatic heterocycles. The van der Waals surface area contributed by atoms with Crippen molar-refractivity contribution in [3.05, 3.63) is 57.0 Å². The van der Waals surface area contributed by atoms with Crippen molar-refractivity contribution in [2.75, 3.05) is 6.79 Å². The molecule has 1 aliphatic rings. The number of carboxylic acid groups (broad SMARTS) is 1. The maximum Gasteiger partial charge on any atom is 0.342 e. The lowest BCUT2D eigenvalue weighted by molar-refractivity contribution is -0.385. The SMILES string of the molecule is O=C(O)/C(=C/c1cc2c(cc1[N+](=O)[O-])OCO2)Sc1nc2ccccc2o1. The van der Waals surface area contributed by atoms with Gasteiger partial charge in [-0.05, 0) is 36.0 Å². The number of nitro benzene ring substituents is 1. The van der Waals surface area contributed by atoms with E-state index < -0.39 is 10.9 Å². The number of para-hydroxylation sites is 2. The van der Waals surface area contributed by atoms with Crippen LogP contribution in [-0.4, -0.2) is 27.8 Å². The zero-order valence-electron chi connectivity index (χ0n) is 13.4. The maximum atomic E-state index is 11.7. The molecule has 0 atom stereocenters. The summed E-state index contributed by atoms with van der Waals surface area (Å²) >= 11 is 0.760. The van der Waals surface area contributed by atoms with Crippen LogP contribution in [0.4, 0.5) is 5.69 Å². The first kappa shape index (κ1) is 16.9. The maximum absolute atomic E-state index is 11.7. The molecule has 0 saturated carbocycles. The average Bonchev–Trinajstić information content (AvgIpc) is 3.25.